The first-order chi connectivity index (χ1) is 12.5. The van der Waals surface area contributed by atoms with Crippen LogP contribution in [0, 0.1) is 19.8 Å². The molecule has 142 valence electrons. The number of rotatable bonds is 10. The molecule has 2 aromatic carbocycles. The number of benzene rings is 2. The van der Waals surface area contributed by atoms with E-state index in [1.807, 2.05) is 56.3 Å². The van der Waals surface area contributed by atoms with Crippen molar-refractivity contribution in [3.63, 3.8) is 0 Å². The summed E-state index contributed by atoms with van der Waals surface area (Å²) < 4.78 is 5.96. The average molecular weight is 378 g/mol. The van der Waals surface area contributed by atoms with Crippen LogP contribution in [0.5, 0.6) is 5.75 Å². The molecule has 0 aliphatic carbocycles. The van der Waals surface area contributed by atoms with Gasteiger partial charge in [0.2, 0.25) is 0 Å². The number of aryl methyl sites for hydroxylation is 2. The smallest absolute Gasteiger partial charge is 1.00 e. The van der Waals surface area contributed by atoms with E-state index in [9.17, 15) is 4.79 Å². The Balaban J connectivity index is 0.00000364. The summed E-state index contributed by atoms with van der Waals surface area (Å²) in [6.07, 6.45) is 4.89. The van der Waals surface area contributed by atoms with E-state index in [2.05, 4.69) is 13.8 Å². The summed E-state index contributed by atoms with van der Waals surface area (Å²) in [6, 6.07) is 14.0. The van der Waals surface area contributed by atoms with Crippen molar-refractivity contribution in [2.75, 3.05) is 6.61 Å². The number of ether oxygens (including phenoxy) is 1. The van der Waals surface area contributed by atoms with E-state index >= 15 is 0 Å². The van der Waals surface area contributed by atoms with Crippen molar-refractivity contribution in [2.45, 2.75) is 53.4 Å². The molecular weight excluding hydrogens is 346 g/mol. The third-order valence-electron chi connectivity index (χ3n) is 4.85. The summed E-state index contributed by atoms with van der Waals surface area (Å²) in [5.74, 6) is 1.52. The normalized spacial score (nSPS) is 12.0. The van der Waals surface area contributed by atoms with E-state index in [-0.39, 0.29) is 34.4 Å². The van der Waals surface area contributed by atoms with Crippen molar-refractivity contribution in [3.05, 3.63) is 59.2 Å². The molecule has 2 nitrogen and oxygen atoms in total. The molecule has 0 radical (unpaired) electrons. The zero-order valence-electron chi connectivity index (χ0n) is 18.5. The first-order valence-corrected chi connectivity index (χ1v) is 10.7. The van der Waals surface area contributed by atoms with E-state index in [1.165, 1.54) is 19.3 Å². The molecule has 0 fully saturated rings. The van der Waals surface area contributed by atoms with Gasteiger partial charge < -0.3 is 6.16 Å². The van der Waals surface area contributed by atoms with Gasteiger partial charge in [0, 0.05) is 5.56 Å². The summed E-state index contributed by atoms with van der Waals surface area (Å²) in [5, 5.41) is 1.06. The molecule has 2 unspecified atom stereocenters. The molecule has 0 N–H and O–H groups in total. The quantitative estimate of drug-likeness (QED) is 0.469. The summed E-state index contributed by atoms with van der Waals surface area (Å²) in [6.45, 7) is 9.24. The van der Waals surface area contributed by atoms with Gasteiger partial charge in [0.05, 0.1) is 6.61 Å². The Morgan fingerprint density at radius 3 is 2.26 bits per heavy atom. The molecular formula is C23H32LiO2P. The molecule has 27 heavy (non-hydrogen) atoms. The van der Waals surface area contributed by atoms with Crippen molar-refractivity contribution < 1.29 is 29.8 Å². The standard InChI is InChI=1S/C23H31O2P.Li.H/c1-5-7-11-19(6-2)16-25-20-12-14-21(15-13-20)26-23(24)22-17(3)9-8-10-18(22)4;;/h8-10,12-15,19,26H,5-7,11,16H2,1-4H3;;/q;+1;-1. The molecule has 0 bridgehead atoms. The van der Waals surface area contributed by atoms with Crippen LogP contribution in [0.2, 0.25) is 0 Å². The van der Waals surface area contributed by atoms with Crippen molar-refractivity contribution in [2.24, 2.45) is 5.92 Å². The number of hydrogen-bond donors (Lipinski definition) is 0. The van der Waals surface area contributed by atoms with Crippen LogP contribution in [0.15, 0.2) is 42.5 Å². The van der Waals surface area contributed by atoms with Gasteiger partial charge in [-0.15, -0.1) is 0 Å². The second-order valence-electron chi connectivity index (χ2n) is 6.97. The van der Waals surface area contributed by atoms with Gasteiger partial charge in [-0.25, -0.2) is 0 Å². The van der Waals surface area contributed by atoms with Crippen LogP contribution in [-0.2, 0) is 0 Å². The molecule has 0 aliphatic rings. The molecule has 0 saturated heterocycles. The Bertz CT molecular complexity index is 699. The van der Waals surface area contributed by atoms with Gasteiger partial charge in [0.15, 0.2) is 5.52 Å². The Hall–Kier alpha value is -1.06. The predicted molar refractivity (Wildman–Crippen MR) is 115 cm³/mol. The Morgan fingerprint density at radius 1 is 1.07 bits per heavy atom. The minimum atomic E-state index is 0. The summed E-state index contributed by atoms with van der Waals surface area (Å²) >= 11 is 0. The first kappa shape index (κ1) is 24.0. The Kier molecular flexibility index (Phi) is 11.0. The maximum atomic E-state index is 12.7. The summed E-state index contributed by atoms with van der Waals surface area (Å²) in [4.78, 5) is 12.7. The fourth-order valence-corrected chi connectivity index (χ4v) is 4.23. The van der Waals surface area contributed by atoms with Gasteiger partial charge in [-0.1, -0.05) is 63.4 Å². The number of hydrogen-bond acceptors (Lipinski definition) is 2. The topological polar surface area (TPSA) is 26.3 Å². The van der Waals surface area contributed by atoms with E-state index in [4.69, 9.17) is 4.74 Å². The van der Waals surface area contributed by atoms with Crippen molar-refractivity contribution in [3.8, 4) is 5.75 Å². The van der Waals surface area contributed by atoms with Gasteiger partial charge in [-0.05, 0) is 63.3 Å². The van der Waals surface area contributed by atoms with Crippen molar-refractivity contribution >= 4 is 19.4 Å². The van der Waals surface area contributed by atoms with E-state index < -0.39 is 0 Å². The SMILES string of the molecule is CCCCC(CC)COc1ccc(PC(=O)c2c(C)cccc2C)cc1.[H-].[Li+]. The largest absolute Gasteiger partial charge is 1.00 e. The molecule has 0 spiro atoms. The zero-order valence-corrected chi connectivity index (χ0v) is 18.5. The molecule has 2 rings (SSSR count). The first-order valence-electron chi connectivity index (χ1n) is 9.65. The second-order valence-corrected chi connectivity index (χ2v) is 8.25. The van der Waals surface area contributed by atoms with Crippen molar-refractivity contribution in [1.82, 2.24) is 0 Å². The third kappa shape index (κ3) is 7.46. The number of carbonyl (C=O) groups is 1. The van der Waals surface area contributed by atoms with Gasteiger partial charge >= 0.3 is 18.9 Å². The van der Waals surface area contributed by atoms with Gasteiger partial charge in [0.1, 0.15) is 5.75 Å². The van der Waals surface area contributed by atoms with Gasteiger partial charge in [-0.3, -0.25) is 4.79 Å². The minimum Gasteiger partial charge on any atom is -1.00 e. The number of unbranched alkanes of at least 4 members (excludes halogenated alkanes) is 1. The van der Waals surface area contributed by atoms with Crippen LogP contribution in [0.25, 0.3) is 0 Å². The maximum absolute atomic E-state index is 12.7. The van der Waals surface area contributed by atoms with Crippen molar-refractivity contribution in [1.29, 1.82) is 0 Å². The molecule has 0 aromatic heterocycles. The number of carbonyl (C=O) groups excluding carboxylic acids is 1. The monoisotopic (exact) mass is 378 g/mol. The minimum absolute atomic E-state index is 0. The second kappa shape index (κ2) is 12.4. The van der Waals surface area contributed by atoms with Crippen LogP contribution in [0.3, 0.4) is 0 Å². The molecule has 2 aromatic rings. The predicted octanol–water partition coefficient (Wildman–Crippen LogP) is 3.16. The Morgan fingerprint density at radius 2 is 1.70 bits per heavy atom. The summed E-state index contributed by atoms with van der Waals surface area (Å²) in [7, 11) is 0.148. The van der Waals surface area contributed by atoms with Gasteiger partial charge in [-0.2, -0.15) is 0 Å². The summed E-state index contributed by atoms with van der Waals surface area (Å²) in [5.41, 5.74) is 3.19. The maximum Gasteiger partial charge on any atom is 1.00 e. The van der Waals surface area contributed by atoms with Crippen LogP contribution >= 0.6 is 8.58 Å². The van der Waals surface area contributed by atoms with E-state index in [0.717, 1.165) is 40.8 Å². The third-order valence-corrected chi connectivity index (χ3v) is 5.95. The van der Waals surface area contributed by atoms with Crippen LogP contribution in [0.4, 0.5) is 0 Å². The van der Waals surface area contributed by atoms with E-state index in [0.29, 0.717) is 5.92 Å². The average Bonchev–Trinajstić information content (AvgIpc) is 2.63. The van der Waals surface area contributed by atoms with Gasteiger partial charge in [0.25, 0.3) is 0 Å². The van der Waals surface area contributed by atoms with E-state index in [1.54, 1.807) is 0 Å². The molecule has 0 heterocycles. The molecule has 4 heteroatoms. The zero-order chi connectivity index (χ0) is 18.9. The molecule has 0 amide bonds. The fourth-order valence-electron chi connectivity index (χ4n) is 3.11. The van der Waals surface area contributed by atoms with Crippen LogP contribution < -0.4 is 28.9 Å². The molecule has 0 saturated carbocycles. The molecule has 2 atom stereocenters. The Labute approximate surface area is 179 Å². The fraction of sp³-hybridized carbons (Fsp3) is 0.435. The van der Waals surface area contributed by atoms with Crippen LogP contribution in [-0.4, -0.2) is 12.1 Å². The molecule has 0 aliphatic heterocycles. The van der Waals surface area contributed by atoms with Crippen LogP contribution in [0.1, 0.15) is 62.4 Å².